The van der Waals surface area contributed by atoms with Crippen molar-refractivity contribution in [1.29, 1.82) is 0 Å². The third-order valence-corrected chi connectivity index (χ3v) is 12.5. The van der Waals surface area contributed by atoms with E-state index in [1.807, 2.05) is 43.4 Å². The number of aryl methyl sites for hydroxylation is 1. The highest BCUT2D eigenvalue weighted by Gasteiger charge is 2.58. The Morgan fingerprint density at radius 3 is 2.45 bits per heavy atom. The summed E-state index contributed by atoms with van der Waals surface area (Å²) in [6.07, 6.45) is -5.79. The van der Waals surface area contributed by atoms with E-state index in [1.165, 1.54) is 13.1 Å². The number of alkyl carbamates (subject to hydrolysis) is 1. The molecule has 1 amide bonds. The van der Waals surface area contributed by atoms with Gasteiger partial charge in [0.2, 0.25) is 0 Å². The van der Waals surface area contributed by atoms with E-state index in [1.54, 1.807) is 0 Å². The largest absolute Gasteiger partial charge is 0.445 e. The number of aromatic amines is 1. The molecule has 0 radical (unpaired) electrons. The third kappa shape index (κ3) is 6.09. The van der Waals surface area contributed by atoms with Crippen molar-refractivity contribution in [3.05, 3.63) is 68.5 Å². The summed E-state index contributed by atoms with van der Waals surface area (Å²) in [7, 11) is -2.48. The number of rotatable bonds is 7. The molecule has 13 heteroatoms. The van der Waals surface area contributed by atoms with E-state index < -0.39 is 75.1 Å². The normalized spacial score (nSPS) is 28.6. The standard InChI is InChI=1S/C27H39N3O9Si/c1-15-12-30(25(34)29-23(15)33)24-19(32)22-21(38-24)18(28-26(35)36-14-16-10-8-7-9-11-16)20(17(13-31)37-22)39-40(5,6)27(2,3)4/h7-12,17-22,24,31-32H,13-14H2,1-6H3,(H,28,35)(H,29,33,34)/t17-,18-,19-,20+,21-,22+,24-/m1/s1. The Kier molecular flexibility index (Phi) is 8.73. The molecule has 0 bridgehead atoms. The smallest absolute Gasteiger partial charge is 0.407 e. The van der Waals surface area contributed by atoms with Crippen LogP contribution in [0.5, 0.6) is 0 Å². The number of nitrogens with zero attached hydrogens (tertiary/aromatic N) is 1. The van der Waals surface area contributed by atoms with Gasteiger partial charge in [-0.25, -0.2) is 9.59 Å². The summed E-state index contributed by atoms with van der Waals surface area (Å²) < 4.78 is 25.5. The lowest BCUT2D eigenvalue weighted by Gasteiger charge is -2.48. The van der Waals surface area contributed by atoms with Crippen LogP contribution in [0.4, 0.5) is 4.79 Å². The number of benzene rings is 1. The van der Waals surface area contributed by atoms with Crippen molar-refractivity contribution >= 4 is 14.4 Å². The number of hydrogen-bond acceptors (Lipinski definition) is 9. The highest BCUT2D eigenvalue weighted by molar-refractivity contribution is 6.74. The summed E-state index contributed by atoms with van der Waals surface area (Å²) in [6.45, 7) is 11.4. The van der Waals surface area contributed by atoms with Crippen molar-refractivity contribution < 1.29 is 33.6 Å². The zero-order valence-corrected chi connectivity index (χ0v) is 24.6. The Hall–Kier alpha value is -2.81. The van der Waals surface area contributed by atoms with Crippen molar-refractivity contribution in [2.75, 3.05) is 6.61 Å². The molecule has 2 saturated heterocycles. The van der Waals surface area contributed by atoms with Gasteiger partial charge in [0.1, 0.15) is 31.0 Å². The topological polar surface area (TPSA) is 161 Å². The minimum Gasteiger partial charge on any atom is -0.445 e. The molecule has 12 nitrogen and oxygen atoms in total. The summed E-state index contributed by atoms with van der Waals surface area (Å²) in [5.41, 5.74) is -0.271. The quantitative estimate of drug-likeness (QED) is 0.358. The minimum absolute atomic E-state index is 0.0271. The van der Waals surface area contributed by atoms with Crippen molar-refractivity contribution in [3.63, 3.8) is 0 Å². The first-order valence-electron chi connectivity index (χ1n) is 13.3. The van der Waals surface area contributed by atoms with Gasteiger partial charge >= 0.3 is 11.8 Å². The number of fused-ring (bicyclic) bond motifs is 1. The summed E-state index contributed by atoms with van der Waals surface area (Å²) in [5, 5.41) is 24.2. The molecule has 0 unspecified atom stereocenters. The lowest BCUT2D eigenvalue weighted by atomic mass is 9.91. The van der Waals surface area contributed by atoms with Crippen LogP contribution in [0, 0.1) is 6.92 Å². The van der Waals surface area contributed by atoms with Crippen LogP contribution < -0.4 is 16.6 Å². The van der Waals surface area contributed by atoms with Gasteiger partial charge in [-0.15, -0.1) is 0 Å². The number of aliphatic hydroxyl groups is 2. The van der Waals surface area contributed by atoms with Crippen LogP contribution in [0.1, 0.15) is 38.1 Å². The molecule has 0 aliphatic carbocycles. The van der Waals surface area contributed by atoms with Crippen LogP contribution in [0.3, 0.4) is 0 Å². The molecule has 2 aliphatic rings. The van der Waals surface area contributed by atoms with Gasteiger partial charge in [-0.1, -0.05) is 51.1 Å². The molecule has 1 aromatic heterocycles. The SMILES string of the molecule is Cc1cn([C@@H]2O[C@@H]3[C@H](NC(=O)OCc4ccccc4)[C@@H](O[Si](C)(C)C(C)(C)C)[C@@H](CO)O[C@H]3[C@H]2O)c(=O)[nH]c1=O. The van der Waals surface area contributed by atoms with Crippen molar-refractivity contribution in [3.8, 4) is 0 Å². The number of nitrogens with one attached hydrogen (secondary N) is 2. The van der Waals surface area contributed by atoms with Gasteiger partial charge in [-0.3, -0.25) is 14.3 Å². The molecule has 220 valence electrons. The van der Waals surface area contributed by atoms with E-state index in [4.69, 9.17) is 18.6 Å². The predicted molar refractivity (Wildman–Crippen MR) is 147 cm³/mol. The number of carbonyl (C=O) groups is 1. The molecule has 3 heterocycles. The van der Waals surface area contributed by atoms with E-state index in [2.05, 4.69) is 31.1 Å². The summed E-state index contributed by atoms with van der Waals surface area (Å²) in [6, 6.07) is 8.28. The zero-order valence-electron chi connectivity index (χ0n) is 23.6. The van der Waals surface area contributed by atoms with Crippen LogP contribution in [0.15, 0.2) is 46.1 Å². The number of hydrogen-bond donors (Lipinski definition) is 4. The van der Waals surface area contributed by atoms with Crippen molar-refractivity contribution in [2.45, 2.75) is 95.2 Å². The number of ether oxygens (including phenoxy) is 3. The molecular formula is C27H39N3O9Si. The molecule has 2 aromatic rings. The van der Waals surface area contributed by atoms with Gasteiger partial charge in [0.25, 0.3) is 5.56 Å². The number of aliphatic hydroxyl groups excluding tert-OH is 2. The second kappa shape index (κ2) is 11.6. The maximum absolute atomic E-state index is 13.1. The lowest BCUT2D eigenvalue weighted by Crippen LogP contribution is -2.67. The Bertz CT molecular complexity index is 1310. The molecule has 1 aromatic carbocycles. The molecule has 2 fully saturated rings. The first-order chi connectivity index (χ1) is 18.7. The van der Waals surface area contributed by atoms with E-state index in [0.717, 1.165) is 10.1 Å². The van der Waals surface area contributed by atoms with Crippen LogP contribution in [0.2, 0.25) is 18.1 Å². The predicted octanol–water partition coefficient (Wildman–Crippen LogP) is 1.55. The van der Waals surface area contributed by atoms with E-state index in [-0.39, 0.29) is 17.2 Å². The van der Waals surface area contributed by atoms with Gasteiger partial charge in [0, 0.05) is 11.8 Å². The Balaban J connectivity index is 1.67. The zero-order chi connectivity index (χ0) is 29.4. The first kappa shape index (κ1) is 30.2. The second-order valence-corrected chi connectivity index (χ2v) is 16.6. The molecule has 2 aliphatic heterocycles. The summed E-state index contributed by atoms with van der Waals surface area (Å²) >= 11 is 0. The Morgan fingerprint density at radius 1 is 1.15 bits per heavy atom. The lowest BCUT2D eigenvalue weighted by molar-refractivity contribution is -0.185. The van der Waals surface area contributed by atoms with Crippen LogP contribution in [-0.4, -0.2) is 77.3 Å². The van der Waals surface area contributed by atoms with E-state index in [0.29, 0.717) is 0 Å². The summed E-state index contributed by atoms with van der Waals surface area (Å²) in [5.74, 6) is 0. The molecule has 0 spiro atoms. The van der Waals surface area contributed by atoms with Crippen molar-refractivity contribution in [2.24, 2.45) is 0 Å². The second-order valence-electron chi connectivity index (χ2n) is 11.9. The van der Waals surface area contributed by atoms with Gasteiger partial charge in [0.15, 0.2) is 14.5 Å². The van der Waals surface area contributed by atoms with Crippen LogP contribution in [-0.2, 0) is 25.2 Å². The summed E-state index contributed by atoms with van der Waals surface area (Å²) in [4.78, 5) is 39.8. The van der Waals surface area contributed by atoms with Gasteiger partial charge in [-0.2, -0.15) is 0 Å². The first-order valence-corrected chi connectivity index (χ1v) is 16.2. The number of H-pyrrole nitrogens is 1. The molecular weight excluding hydrogens is 538 g/mol. The number of carbonyl (C=O) groups excluding carboxylic acids is 1. The fourth-order valence-corrected chi connectivity index (χ4v) is 6.04. The number of aromatic nitrogens is 2. The van der Waals surface area contributed by atoms with Gasteiger partial charge in [-0.05, 0) is 30.6 Å². The van der Waals surface area contributed by atoms with Crippen molar-refractivity contribution in [1.82, 2.24) is 14.9 Å². The molecule has 4 rings (SSSR count). The fourth-order valence-electron chi connectivity index (χ4n) is 4.70. The number of amides is 1. The van der Waals surface area contributed by atoms with Crippen LogP contribution in [0.25, 0.3) is 0 Å². The van der Waals surface area contributed by atoms with E-state index in [9.17, 15) is 24.6 Å². The monoisotopic (exact) mass is 577 g/mol. The molecule has 7 atom stereocenters. The maximum Gasteiger partial charge on any atom is 0.407 e. The van der Waals surface area contributed by atoms with E-state index >= 15 is 0 Å². The van der Waals surface area contributed by atoms with Gasteiger partial charge in [0.05, 0.1) is 18.8 Å². The molecule has 0 saturated carbocycles. The Labute approximate surface area is 233 Å². The Morgan fingerprint density at radius 2 is 1.82 bits per heavy atom. The minimum atomic E-state index is -2.48. The average Bonchev–Trinajstić information content (AvgIpc) is 3.21. The highest BCUT2D eigenvalue weighted by atomic mass is 28.4. The highest BCUT2D eigenvalue weighted by Crippen LogP contribution is 2.43. The van der Waals surface area contributed by atoms with Crippen LogP contribution >= 0.6 is 0 Å². The third-order valence-electron chi connectivity index (χ3n) is 7.99. The maximum atomic E-state index is 13.1. The van der Waals surface area contributed by atoms with Gasteiger partial charge < -0.3 is 34.2 Å². The molecule has 40 heavy (non-hydrogen) atoms. The average molecular weight is 578 g/mol. The fraction of sp³-hybridized carbons (Fsp3) is 0.593. The molecule has 4 N–H and O–H groups in total.